The van der Waals surface area contributed by atoms with Gasteiger partial charge in [0.05, 0.1) is 41.9 Å². The largest absolute Gasteiger partial charge is 0.480 e. The minimum Gasteiger partial charge on any atom is -0.480 e. The molecule has 68 heavy (non-hydrogen) atoms. The molecule has 0 saturated carbocycles. The van der Waals surface area contributed by atoms with Crippen LogP contribution in [0.25, 0.3) is 0 Å². The van der Waals surface area contributed by atoms with E-state index in [9.17, 15) is 43.5 Å². The molecule has 2 heterocycles. The van der Waals surface area contributed by atoms with Crippen LogP contribution in [-0.4, -0.2) is 160 Å². The Bertz CT molecular complexity index is 1930. The van der Waals surface area contributed by atoms with Gasteiger partial charge in [-0.3, -0.25) is 38.5 Å². The minimum absolute atomic E-state index is 0.0105. The average Bonchev–Trinajstić information content (AvgIpc) is 3.86. The molecule has 382 valence electrons. The lowest BCUT2D eigenvalue weighted by Crippen LogP contribution is -2.60. The number of amides is 7. The normalized spacial score (nSPS) is 20.5. The fourth-order valence-corrected chi connectivity index (χ4v) is 10.5. The summed E-state index contributed by atoms with van der Waals surface area (Å²) in [5.74, 6) is -6.33. The third kappa shape index (κ3) is 14.0. The smallest absolute Gasteiger partial charge is 0.326 e. The Labute approximate surface area is 409 Å². The van der Waals surface area contributed by atoms with Gasteiger partial charge in [0.15, 0.2) is 0 Å². The van der Waals surface area contributed by atoms with Crippen molar-refractivity contribution >= 4 is 59.9 Å². The van der Waals surface area contributed by atoms with Crippen LogP contribution in [0.2, 0.25) is 0 Å². The van der Waals surface area contributed by atoms with Crippen molar-refractivity contribution in [2.75, 3.05) is 34.9 Å². The number of carboxylic acids is 1. The Hall–Kier alpha value is -4.55. The zero-order chi connectivity index (χ0) is 51.5. The molecule has 3 rings (SSSR count). The monoisotopic (exact) mass is 973 g/mol. The molecule has 1 aromatic carbocycles. The first-order valence-corrected chi connectivity index (χ1v) is 24.6. The molecule has 3 N–H and O–H groups in total. The summed E-state index contributed by atoms with van der Waals surface area (Å²) < 4.78 is 11.9. The van der Waals surface area contributed by atoms with E-state index in [1.807, 2.05) is 47.6 Å². The van der Waals surface area contributed by atoms with E-state index in [1.165, 1.54) is 24.0 Å². The van der Waals surface area contributed by atoms with Crippen LogP contribution in [0.15, 0.2) is 30.3 Å². The Kier molecular flexibility index (Phi) is 21.5. The highest BCUT2D eigenvalue weighted by molar-refractivity contribution is 7.81. The molecule has 0 radical (unpaired) electrons. The van der Waals surface area contributed by atoms with Crippen LogP contribution in [-0.2, 0) is 54.3 Å². The third-order valence-corrected chi connectivity index (χ3v) is 14.4. The number of nitrogens with one attached hydrogen (secondary N) is 2. The molecule has 2 unspecified atom stereocenters. The van der Waals surface area contributed by atoms with Gasteiger partial charge >= 0.3 is 5.97 Å². The molecule has 1 aromatic rings. The number of likely N-dealkylation sites (N-methyl/N-ethyl adjacent to an activating group) is 2. The van der Waals surface area contributed by atoms with Crippen LogP contribution in [0.4, 0.5) is 0 Å². The van der Waals surface area contributed by atoms with E-state index in [0.29, 0.717) is 25.8 Å². The van der Waals surface area contributed by atoms with Crippen LogP contribution in [0, 0.1) is 29.6 Å². The van der Waals surface area contributed by atoms with Gasteiger partial charge in [0.1, 0.15) is 18.1 Å². The van der Waals surface area contributed by atoms with E-state index >= 15 is 0 Å². The third-order valence-electron chi connectivity index (χ3n) is 14.0. The van der Waals surface area contributed by atoms with Gasteiger partial charge in [0.2, 0.25) is 41.4 Å². The highest BCUT2D eigenvalue weighted by Gasteiger charge is 2.47. The summed E-state index contributed by atoms with van der Waals surface area (Å²) in [4.78, 5) is 114. The number of carbonyl (C=O) groups excluding carboxylic acids is 7. The molecule has 18 heteroatoms. The first-order chi connectivity index (χ1) is 31.7. The quantitative estimate of drug-likeness (QED) is 0.0806. The zero-order valence-corrected chi connectivity index (χ0v) is 43.7. The molecule has 2 saturated heterocycles. The fraction of sp³-hybridized carbons (Fsp3) is 0.720. The number of hydrogen-bond acceptors (Lipinski definition) is 11. The predicted molar refractivity (Wildman–Crippen MR) is 261 cm³/mol. The number of likely N-dealkylation sites (tertiary alicyclic amines) is 2. The van der Waals surface area contributed by atoms with Crippen molar-refractivity contribution in [2.45, 2.75) is 167 Å². The Morgan fingerprint density at radius 2 is 1.50 bits per heavy atom. The fourth-order valence-electron chi connectivity index (χ4n) is 10.2. The van der Waals surface area contributed by atoms with Gasteiger partial charge in [0, 0.05) is 59.2 Å². The lowest BCUT2D eigenvalue weighted by Gasteiger charge is -2.41. The number of thiol groups is 1. The number of carbonyl (C=O) groups is 8. The maximum absolute atomic E-state index is 14.7. The van der Waals surface area contributed by atoms with Gasteiger partial charge in [0.25, 0.3) is 0 Å². The maximum atomic E-state index is 14.7. The summed E-state index contributed by atoms with van der Waals surface area (Å²) in [5, 5.41) is 14.9. The van der Waals surface area contributed by atoms with E-state index in [4.69, 9.17) is 9.47 Å². The highest BCUT2D eigenvalue weighted by atomic mass is 32.1. The standard InChI is InChI=1S/C50H80N6O11S/c1-15-30(6)42(36(66-13)25-38(57)55-23-19-22-35(55)43(67-14)32(8)44(59)51-34(49(64)65)24-33-20-17-16-18-21-33)54(12)48(63)40(28(2)3)52-45(60)41(29(4)5)53(11)46(61)31(7)27-50(9,10)56-39(58)26-37(68)47(56)62/h16-18,20-21,28-32,34-37,40-43,68H,15,19,22-27H2,1-14H3,(H,51,59)(H,52,60)(H,64,65)/t30-,31?,32+,34-,35-,36+,37?,40-,41-,42-,43+/m0/s1. The Balaban J connectivity index is 1.79. The molecule has 0 bridgehead atoms. The molecule has 2 fully saturated rings. The number of benzene rings is 1. The van der Waals surface area contributed by atoms with E-state index in [1.54, 1.807) is 75.9 Å². The van der Waals surface area contributed by atoms with Crippen LogP contribution < -0.4 is 10.6 Å². The summed E-state index contributed by atoms with van der Waals surface area (Å²) in [6.07, 6.45) is 0.480. The topological polar surface area (TPSA) is 212 Å². The number of aliphatic carboxylic acids is 1. The van der Waals surface area contributed by atoms with Crippen LogP contribution >= 0.6 is 12.6 Å². The molecule has 7 amide bonds. The lowest BCUT2D eigenvalue weighted by atomic mass is 9.88. The number of carboxylic acid groups (broad SMARTS) is 1. The van der Waals surface area contributed by atoms with Crippen molar-refractivity contribution in [2.24, 2.45) is 29.6 Å². The van der Waals surface area contributed by atoms with Gasteiger partial charge in [-0.2, -0.15) is 12.6 Å². The van der Waals surface area contributed by atoms with Crippen molar-refractivity contribution in [1.82, 2.24) is 30.2 Å². The molecule has 0 aromatic heterocycles. The molecule has 17 nitrogen and oxygen atoms in total. The second-order valence-corrected chi connectivity index (χ2v) is 20.9. The van der Waals surface area contributed by atoms with Crippen LogP contribution in [0.1, 0.15) is 113 Å². The summed E-state index contributed by atoms with van der Waals surface area (Å²) in [6, 6.07) is 4.78. The van der Waals surface area contributed by atoms with E-state index in [-0.39, 0.29) is 61.2 Å². The van der Waals surface area contributed by atoms with Gasteiger partial charge in [-0.1, -0.05) is 92.1 Å². The molecular formula is C50H80N6O11S. The van der Waals surface area contributed by atoms with Gasteiger partial charge in [-0.25, -0.2) is 4.79 Å². The van der Waals surface area contributed by atoms with E-state index in [0.717, 1.165) is 5.56 Å². The van der Waals surface area contributed by atoms with Crippen LogP contribution in [0.5, 0.6) is 0 Å². The summed E-state index contributed by atoms with van der Waals surface area (Å²) in [6.45, 7) is 18.4. The van der Waals surface area contributed by atoms with Crippen molar-refractivity contribution in [1.29, 1.82) is 0 Å². The molecule has 0 spiro atoms. The summed E-state index contributed by atoms with van der Waals surface area (Å²) in [5.41, 5.74) is -0.223. The van der Waals surface area contributed by atoms with Gasteiger partial charge in [-0.15, -0.1) is 0 Å². The molecule has 2 aliphatic heterocycles. The molecule has 2 aliphatic rings. The number of nitrogens with zero attached hydrogens (tertiary/aromatic N) is 4. The summed E-state index contributed by atoms with van der Waals surface area (Å²) in [7, 11) is 6.15. The number of methoxy groups -OCH3 is 2. The number of rotatable bonds is 25. The van der Waals surface area contributed by atoms with Gasteiger partial charge in [-0.05, 0) is 56.4 Å². The maximum Gasteiger partial charge on any atom is 0.326 e. The zero-order valence-electron chi connectivity index (χ0n) is 42.8. The SMILES string of the molecule is CC[C@H](C)[C@@H]([C@@H](CC(=O)N1CCC[C@H]1[C@H](OC)[C@@H](C)C(=O)N[C@@H](Cc1ccccc1)C(=O)O)OC)N(C)C(=O)[C@@H](NC(=O)[C@H](C(C)C)N(C)C(=O)C(C)CC(C)(C)N1C(=O)CC(S)C1=O)C(C)C. The van der Waals surface area contributed by atoms with Gasteiger partial charge < -0.3 is 39.9 Å². The first kappa shape index (κ1) is 57.8. The number of imide groups is 1. The second-order valence-electron chi connectivity index (χ2n) is 20.3. The number of hydrogen-bond donors (Lipinski definition) is 4. The molecular weight excluding hydrogens is 893 g/mol. The second kappa shape index (κ2) is 25.3. The molecule has 11 atom stereocenters. The van der Waals surface area contributed by atoms with Crippen molar-refractivity contribution in [3.63, 3.8) is 0 Å². The number of ether oxygens (including phenoxy) is 2. The van der Waals surface area contributed by atoms with Crippen molar-refractivity contribution < 1.29 is 52.9 Å². The summed E-state index contributed by atoms with van der Waals surface area (Å²) >= 11 is 4.25. The van der Waals surface area contributed by atoms with E-state index < -0.39 is 94.6 Å². The van der Waals surface area contributed by atoms with Crippen molar-refractivity contribution in [3.05, 3.63) is 35.9 Å². The Morgan fingerprint density at radius 3 is 2.00 bits per heavy atom. The van der Waals surface area contributed by atoms with Crippen molar-refractivity contribution in [3.8, 4) is 0 Å². The van der Waals surface area contributed by atoms with Crippen LogP contribution in [0.3, 0.4) is 0 Å². The molecule has 0 aliphatic carbocycles. The first-order valence-electron chi connectivity index (χ1n) is 24.1. The lowest BCUT2D eigenvalue weighted by molar-refractivity contribution is -0.150. The predicted octanol–water partition coefficient (Wildman–Crippen LogP) is 4.20. The van der Waals surface area contributed by atoms with E-state index in [2.05, 4.69) is 23.3 Å². The Morgan fingerprint density at radius 1 is 0.882 bits per heavy atom. The average molecular weight is 973 g/mol. The highest BCUT2D eigenvalue weighted by Crippen LogP contribution is 2.33. The minimum atomic E-state index is -1.17.